The molecule has 1 N–H and O–H groups in total. The van der Waals surface area contributed by atoms with Crippen molar-refractivity contribution in [2.24, 2.45) is 0 Å². The number of hydrogen-bond donors (Lipinski definition) is 1. The number of carbonyl (C=O) groups is 1. The van der Waals surface area contributed by atoms with Gasteiger partial charge in [-0.3, -0.25) is 9.59 Å². The van der Waals surface area contributed by atoms with Crippen molar-refractivity contribution < 1.29 is 4.79 Å². The van der Waals surface area contributed by atoms with Gasteiger partial charge < -0.3 is 9.88 Å². The molecule has 2 aromatic rings. The molecule has 3 rings (SSSR count). The first-order chi connectivity index (χ1) is 11.1. The molecule has 0 spiro atoms. The lowest BCUT2D eigenvalue weighted by Crippen LogP contribution is -2.28. The van der Waals surface area contributed by atoms with Crippen molar-refractivity contribution in [3.8, 4) is 0 Å². The first-order valence-corrected chi connectivity index (χ1v) is 8.67. The van der Waals surface area contributed by atoms with Gasteiger partial charge in [-0.15, -0.1) is 0 Å². The number of para-hydroxylation sites is 1. The molecule has 1 amide bonds. The maximum atomic E-state index is 12.6. The molecule has 0 bridgehead atoms. The van der Waals surface area contributed by atoms with Crippen LogP contribution in [0.15, 0.2) is 40.3 Å². The van der Waals surface area contributed by atoms with E-state index in [1.165, 1.54) is 17.8 Å². The molecule has 1 atom stereocenters. The van der Waals surface area contributed by atoms with Crippen LogP contribution in [0, 0.1) is 0 Å². The zero-order chi connectivity index (χ0) is 16.4. The molecule has 7 heteroatoms. The minimum absolute atomic E-state index is 0.00681. The number of nitrogens with zero attached hydrogens (tertiary/aromatic N) is 2. The Morgan fingerprint density at radius 1 is 1.39 bits per heavy atom. The van der Waals surface area contributed by atoms with Crippen molar-refractivity contribution in [3.05, 3.63) is 51.4 Å². The summed E-state index contributed by atoms with van der Waals surface area (Å²) in [5, 5.41) is 0.793. The lowest BCUT2D eigenvalue weighted by Gasteiger charge is -2.17. The topological polar surface area (TPSA) is 66.1 Å². The van der Waals surface area contributed by atoms with Crippen LogP contribution in [0.5, 0.6) is 0 Å². The highest BCUT2D eigenvalue weighted by molar-refractivity contribution is 8.00. The Balaban J connectivity index is 1.79. The number of hydrogen-bond acceptors (Lipinski definition) is 4. The Kier molecular flexibility index (Phi) is 4.73. The Morgan fingerprint density at radius 3 is 2.91 bits per heavy atom. The van der Waals surface area contributed by atoms with Crippen molar-refractivity contribution in [2.75, 3.05) is 11.4 Å². The second-order valence-electron chi connectivity index (χ2n) is 5.23. The van der Waals surface area contributed by atoms with Crippen molar-refractivity contribution in [2.45, 2.75) is 30.2 Å². The van der Waals surface area contributed by atoms with Gasteiger partial charge in [-0.1, -0.05) is 42.4 Å². The lowest BCUT2D eigenvalue weighted by atomic mass is 10.3. The fraction of sp³-hybridized carbons (Fsp3) is 0.312. The van der Waals surface area contributed by atoms with Crippen molar-refractivity contribution >= 4 is 35.0 Å². The van der Waals surface area contributed by atoms with E-state index in [2.05, 4.69) is 9.97 Å². The average molecular weight is 350 g/mol. The fourth-order valence-corrected chi connectivity index (χ4v) is 3.82. The lowest BCUT2D eigenvalue weighted by molar-refractivity contribution is -0.116. The van der Waals surface area contributed by atoms with Gasteiger partial charge in [0.1, 0.15) is 0 Å². The first kappa shape index (κ1) is 16.1. The van der Waals surface area contributed by atoms with E-state index in [-0.39, 0.29) is 16.7 Å². The van der Waals surface area contributed by atoms with Crippen LogP contribution in [0.2, 0.25) is 5.02 Å². The molecule has 5 nitrogen and oxygen atoms in total. The van der Waals surface area contributed by atoms with Crippen LogP contribution in [-0.4, -0.2) is 27.7 Å². The highest BCUT2D eigenvalue weighted by Gasteiger charge is 2.34. The van der Waals surface area contributed by atoms with Gasteiger partial charge in [-0.05, 0) is 25.0 Å². The number of aromatic amines is 1. The molecule has 0 saturated carbocycles. The van der Waals surface area contributed by atoms with Crippen LogP contribution in [0.3, 0.4) is 0 Å². The zero-order valence-corrected chi connectivity index (χ0v) is 14.2. The summed E-state index contributed by atoms with van der Waals surface area (Å²) in [5.41, 5.74) is 1.27. The van der Waals surface area contributed by atoms with E-state index in [1.54, 1.807) is 11.0 Å². The molecular formula is C16H16ClN3O2S. The van der Waals surface area contributed by atoms with Crippen LogP contribution in [0.4, 0.5) is 5.69 Å². The van der Waals surface area contributed by atoms with E-state index in [4.69, 9.17) is 11.6 Å². The Bertz CT molecular complexity index is 793. The molecule has 1 saturated heterocycles. The van der Waals surface area contributed by atoms with Crippen molar-refractivity contribution in [1.82, 2.24) is 9.97 Å². The molecule has 1 aliphatic heterocycles. The van der Waals surface area contributed by atoms with E-state index >= 15 is 0 Å². The standard InChI is InChI=1S/C16H16ClN3O2S/c1-2-10-9-14(21)19-16(18-10)23-13-7-8-20(15(13)22)12-6-4-3-5-11(12)17/h3-6,9,13H,2,7-8H2,1H3,(H,18,19,21)/t13-/m0/s1. The Hall–Kier alpha value is -1.79. The van der Waals surface area contributed by atoms with E-state index in [0.29, 0.717) is 29.6 Å². The molecule has 1 aliphatic rings. The normalized spacial score (nSPS) is 17.7. The van der Waals surface area contributed by atoms with Crippen LogP contribution in [0.25, 0.3) is 0 Å². The summed E-state index contributed by atoms with van der Waals surface area (Å²) in [4.78, 5) is 33.0. The predicted octanol–water partition coefficient (Wildman–Crippen LogP) is 2.88. The van der Waals surface area contributed by atoms with E-state index in [0.717, 1.165) is 11.4 Å². The van der Waals surface area contributed by atoms with E-state index in [1.807, 2.05) is 25.1 Å². The van der Waals surface area contributed by atoms with E-state index < -0.39 is 0 Å². The van der Waals surface area contributed by atoms with Crippen LogP contribution in [-0.2, 0) is 11.2 Å². The number of amides is 1. The minimum atomic E-state index is -0.262. The molecule has 23 heavy (non-hydrogen) atoms. The summed E-state index contributed by atoms with van der Waals surface area (Å²) in [6.45, 7) is 2.55. The summed E-state index contributed by atoms with van der Waals surface area (Å²) in [5.74, 6) is -0.00681. The van der Waals surface area contributed by atoms with E-state index in [9.17, 15) is 9.59 Å². The van der Waals surface area contributed by atoms with Gasteiger partial charge >= 0.3 is 0 Å². The second kappa shape index (κ2) is 6.76. The molecule has 0 aliphatic carbocycles. The first-order valence-electron chi connectivity index (χ1n) is 7.41. The zero-order valence-electron chi connectivity index (χ0n) is 12.6. The number of benzene rings is 1. The third-order valence-corrected chi connectivity index (χ3v) is 5.15. The maximum absolute atomic E-state index is 12.6. The summed E-state index contributed by atoms with van der Waals surface area (Å²) < 4.78 is 0. The smallest absolute Gasteiger partial charge is 0.251 e. The largest absolute Gasteiger partial charge is 0.310 e. The molecule has 1 aromatic heterocycles. The summed E-state index contributed by atoms with van der Waals surface area (Å²) >= 11 is 7.48. The molecule has 2 heterocycles. The monoisotopic (exact) mass is 349 g/mol. The number of halogens is 1. The number of aromatic nitrogens is 2. The molecule has 0 unspecified atom stereocenters. The number of carbonyl (C=O) groups excluding carboxylic acids is 1. The fourth-order valence-electron chi connectivity index (χ4n) is 2.53. The summed E-state index contributed by atoms with van der Waals surface area (Å²) in [6.07, 6.45) is 1.37. The summed E-state index contributed by atoms with van der Waals surface area (Å²) in [6, 6.07) is 8.79. The number of aryl methyl sites for hydroxylation is 1. The summed E-state index contributed by atoms with van der Waals surface area (Å²) in [7, 11) is 0. The molecule has 1 fully saturated rings. The Morgan fingerprint density at radius 2 is 2.17 bits per heavy atom. The number of thioether (sulfide) groups is 1. The third-order valence-electron chi connectivity index (χ3n) is 3.69. The number of nitrogens with one attached hydrogen (secondary N) is 1. The third kappa shape index (κ3) is 3.43. The number of rotatable bonds is 4. The second-order valence-corrected chi connectivity index (χ2v) is 6.83. The van der Waals surface area contributed by atoms with Crippen molar-refractivity contribution in [1.29, 1.82) is 0 Å². The van der Waals surface area contributed by atoms with Crippen molar-refractivity contribution in [3.63, 3.8) is 0 Å². The molecular weight excluding hydrogens is 334 g/mol. The number of anilines is 1. The minimum Gasteiger partial charge on any atom is -0.310 e. The van der Waals surface area contributed by atoms with Gasteiger partial charge in [0.05, 0.1) is 16.0 Å². The van der Waals surface area contributed by atoms with Gasteiger partial charge in [0.15, 0.2) is 5.16 Å². The predicted molar refractivity (Wildman–Crippen MR) is 92.3 cm³/mol. The van der Waals surface area contributed by atoms with Gasteiger partial charge in [-0.25, -0.2) is 4.98 Å². The van der Waals surface area contributed by atoms with Gasteiger partial charge in [0.2, 0.25) is 5.91 Å². The molecule has 1 aromatic carbocycles. The van der Waals surface area contributed by atoms with Gasteiger partial charge in [0, 0.05) is 18.3 Å². The highest BCUT2D eigenvalue weighted by Crippen LogP contribution is 2.34. The number of H-pyrrole nitrogens is 1. The maximum Gasteiger partial charge on any atom is 0.251 e. The van der Waals surface area contributed by atoms with Gasteiger partial charge in [0.25, 0.3) is 5.56 Å². The SMILES string of the molecule is CCc1cc(=O)[nH]c(S[C@H]2CCN(c3ccccc3Cl)C2=O)n1. The van der Waals surface area contributed by atoms with Crippen LogP contribution >= 0.6 is 23.4 Å². The van der Waals surface area contributed by atoms with Crippen LogP contribution in [0.1, 0.15) is 19.0 Å². The average Bonchev–Trinajstić information content (AvgIpc) is 2.88. The van der Waals surface area contributed by atoms with Gasteiger partial charge in [-0.2, -0.15) is 0 Å². The molecule has 0 radical (unpaired) electrons. The Labute approximate surface area is 143 Å². The van der Waals surface area contributed by atoms with Crippen LogP contribution < -0.4 is 10.5 Å². The highest BCUT2D eigenvalue weighted by atomic mass is 35.5. The quantitative estimate of drug-likeness (QED) is 0.862. The molecule has 120 valence electrons.